The second-order valence-corrected chi connectivity index (χ2v) is 7.39. The molecule has 2 aromatic carbocycles. The molecule has 4 aromatic rings. The summed E-state index contributed by atoms with van der Waals surface area (Å²) in [6, 6.07) is 18.4. The zero-order valence-corrected chi connectivity index (χ0v) is 18.1. The van der Waals surface area contributed by atoms with Gasteiger partial charge in [0.05, 0.1) is 25.4 Å². The number of hydrogen-bond acceptors (Lipinski definition) is 5. The van der Waals surface area contributed by atoms with E-state index in [4.69, 9.17) is 21.1 Å². The average Bonchev–Trinajstić information content (AvgIpc) is 3.29. The van der Waals surface area contributed by atoms with Gasteiger partial charge in [0.2, 0.25) is 5.88 Å². The molecule has 0 aliphatic heterocycles. The van der Waals surface area contributed by atoms with E-state index < -0.39 is 0 Å². The lowest BCUT2D eigenvalue weighted by atomic mass is 10.2. The Labute approximate surface area is 190 Å². The topological polar surface area (TPSA) is 78.3 Å². The summed E-state index contributed by atoms with van der Waals surface area (Å²) in [4.78, 5) is 16.8. The normalized spacial score (nSPS) is 10.6. The molecule has 0 atom stereocenters. The van der Waals surface area contributed by atoms with Crippen LogP contribution in [0.15, 0.2) is 79.3 Å². The molecule has 0 bridgehead atoms. The van der Waals surface area contributed by atoms with Crippen molar-refractivity contribution in [2.75, 3.05) is 7.11 Å². The Morgan fingerprint density at radius 1 is 1.06 bits per heavy atom. The Bertz CT molecular complexity index is 1210. The summed E-state index contributed by atoms with van der Waals surface area (Å²) in [5.74, 6) is 1.57. The second-order valence-electron chi connectivity index (χ2n) is 6.99. The molecule has 2 heterocycles. The minimum Gasteiger partial charge on any atom is -0.497 e. The third-order valence-electron chi connectivity index (χ3n) is 4.70. The van der Waals surface area contributed by atoms with Gasteiger partial charge in [0.15, 0.2) is 0 Å². The van der Waals surface area contributed by atoms with Crippen LogP contribution in [0, 0.1) is 0 Å². The number of rotatable bonds is 8. The van der Waals surface area contributed by atoms with E-state index in [1.165, 1.54) is 6.20 Å². The highest BCUT2D eigenvalue weighted by molar-refractivity contribution is 6.31. The van der Waals surface area contributed by atoms with Crippen LogP contribution in [-0.4, -0.2) is 27.8 Å². The van der Waals surface area contributed by atoms with Gasteiger partial charge in [-0.3, -0.25) is 9.48 Å². The molecule has 0 fully saturated rings. The molecule has 0 aliphatic rings. The maximum absolute atomic E-state index is 12.5. The Morgan fingerprint density at radius 3 is 2.69 bits per heavy atom. The van der Waals surface area contributed by atoms with E-state index in [-0.39, 0.29) is 5.91 Å². The lowest BCUT2D eigenvalue weighted by Crippen LogP contribution is -2.22. The molecule has 0 aliphatic carbocycles. The van der Waals surface area contributed by atoms with Gasteiger partial charge in [-0.2, -0.15) is 5.10 Å². The monoisotopic (exact) mass is 448 g/mol. The third-order valence-corrected chi connectivity index (χ3v) is 5.07. The zero-order chi connectivity index (χ0) is 22.3. The van der Waals surface area contributed by atoms with Crippen LogP contribution in [0.2, 0.25) is 5.02 Å². The smallest absolute Gasteiger partial charge is 0.254 e. The maximum Gasteiger partial charge on any atom is 0.254 e. The van der Waals surface area contributed by atoms with Crippen LogP contribution in [0.4, 0.5) is 0 Å². The number of hydrogen-bond donors (Lipinski definition) is 1. The molecule has 0 unspecified atom stereocenters. The number of carbonyl (C=O) groups is 1. The van der Waals surface area contributed by atoms with Gasteiger partial charge in [0, 0.05) is 36.1 Å². The van der Waals surface area contributed by atoms with Crippen molar-refractivity contribution in [3.63, 3.8) is 0 Å². The second kappa shape index (κ2) is 9.98. The molecular formula is C24H21ClN4O3. The first-order valence-electron chi connectivity index (χ1n) is 9.91. The third kappa shape index (κ3) is 5.44. The van der Waals surface area contributed by atoms with E-state index in [2.05, 4.69) is 15.4 Å². The van der Waals surface area contributed by atoms with Crippen molar-refractivity contribution in [2.24, 2.45) is 0 Å². The summed E-state index contributed by atoms with van der Waals surface area (Å²) in [6.07, 6.45) is 4.90. The fourth-order valence-electron chi connectivity index (χ4n) is 3.01. The highest BCUT2D eigenvalue weighted by Crippen LogP contribution is 2.23. The van der Waals surface area contributed by atoms with Crippen LogP contribution in [0.3, 0.4) is 0 Å². The van der Waals surface area contributed by atoms with E-state index in [0.29, 0.717) is 41.1 Å². The van der Waals surface area contributed by atoms with Crippen LogP contribution < -0.4 is 14.8 Å². The number of amides is 1. The fraction of sp³-hybridized carbons (Fsp3) is 0.125. The van der Waals surface area contributed by atoms with Gasteiger partial charge in [-0.1, -0.05) is 41.9 Å². The van der Waals surface area contributed by atoms with Gasteiger partial charge in [0.1, 0.15) is 11.5 Å². The predicted octanol–water partition coefficient (Wildman–Crippen LogP) is 4.71. The summed E-state index contributed by atoms with van der Waals surface area (Å²) in [5, 5.41) is 7.79. The van der Waals surface area contributed by atoms with Crippen molar-refractivity contribution in [3.05, 3.63) is 101 Å². The summed E-state index contributed by atoms with van der Waals surface area (Å²) in [7, 11) is 1.60. The van der Waals surface area contributed by atoms with Crippen molar-refractivity contribution in [1.29, 1.82) is 0 Å². The maximum atomic E-state index is 12.5. The van der Waals surface area contributed by atoms with Crippen molar-refractivity contribution in [2.45, 2.75) is 13.1 Å². The van der Waals surface area contributed by atoms with Gasteiger partial charge >= 0.3 is 0 Å². The first-order chi connectivity index (χ1) is 15.6. The minimum atomic E-state index is -0.216. The van der Waals surface area contributed by atoms with Crippen LogP contribution in [0.25, 0.3) is 0 Å². The molecule has 8 heteroatoms. The molecule has 1 amide bonds. The van der Waals surface area contributed by atoms with Crippen LogP contribution >= 0.6 is 11.6 Å². The number of nitrogens with zero attached hydrogens (tertiary/aromatic N) is 3. The molecular weight excluding hydrogens is 428 g/mol. The molecule has 2 aromatic heterocycles. The molecule has 1 N–H and O–H groups in total. The molecule has 7 nitrogen and oxygen atoms in total. The number of aromatic nitrogens is 3. The van der Waals surface area contributed by atoms with E-state index in [0.717, 1.165) is 11.1 Å². The molecule has 0 radical (unpaired) electrons. The molecule has 4 rings (SSSR count). The fourth-order valence-corrected chi connectivity index (χ4v) is 3.21. The zero-order valence-electron chi connectivity index (χ0n) is 17.4. The van der Waals surface area contributed by atoms with Gasteiger partial charge < -0.3 is 14.8 Å². The predicted molar refractivity (Wildman–Crippen MR) is 121 cm³/mol. The van der Waals surface area contributed by atoms with Crippen LogP contribution in [0.5, 0.6) is 17.4 Å². The van der Waals surface area contributed by atoms with E-state index in [1.807, 2.05) is 48.5 Å². The largest absolute Gasteiger partial charge is 0.497 e. The molecule has 0 saturated heterocycles. The molecule has 0 spiro atoms. The van der Waals surface area contributed by atoms with Gasteiger partial charge in [-0.05, 0) is 29.3 Å². The highest BCUT2D eigenvalue weighted by atomic mass is 35.5. The average molecular weight is 449 g/mol. The molecule has 0 saturated carbocycles. The summed E-state index contributed by atoms with van der Waals surface area (Å²) in [5.41, 5.74) is 2.26. The van der Waals surface area contributed by atoms with Crippen molar-refractivity contribution >= 4 is 17.5 Å². The highest BCUT2D eigenvalue weighted by Gasteiger charge is 2.10. The lowest BCUT2D eigenvalue weighted by Gasteiger charge is -2.08. The first-order valence-corrected chi connectivity index (χ1v) is 10.3. The Hall–Kier alpha value is -3.84. The lowest BCUT2D eigenvalue weighted by molar-refractivity contribution is 0.0951. The quantitative estimate of drug-likeness (QED) is 0.422. The number of nitrogens with one attached hydrogen (secondary N) is 1. The SMILES string of the molecule is COc1cccc(Oc2ccc(CNC(=O)c3cnn(Cc4ccccc4Cl)c3)cn2)c1. The Balaban J connectivity index is 1.31. The van der Waals surface area contributed by atoms with E-state index >= 15 is 0 Å². The van der Waals surface area contributed by atoms with E-state index in [9.17, 15) is 4.79 Å². The number of ether oxygens (including phenoxy) is 2. The molecule has 162 valence electrons. The Kier molecular flexibility index (Phi) is 6.67. The number of carbonyl (C=O) groups excluding carboxylic acids is 1. The van der Waals surface area contributed by atoms with Crippen LogP contribution in [0.1, 0.15) is 21.5 Å². The minimum absolute atomic E-state index is 0.216. The first kappa shape index (κ1) is 21.4. The summed E-state index contributed by atoms with van der Waals surface area (Å²) in [6.45, 7) is 0.826. The number of pyridine rings is 1. The number of halogens is 1. The van der Waals surface area contributed by atoms with Gasteiger partial charge in [0.25, 0.3) is 5.91 Å². The Morgan fingerprint density at radius 2 is 1.91 bits per heavy atom. The van der Waals surface area contributed by atoms with Crippen molar-refractivity contribution in [1.82, 2.24) is 20.1 Å². The number of benzene rings is 2. The summed E-state index contributed by atoms with van der Waals surface area (Å²) < 4.78 is 12.6. The van der Waals surface area contributed by atoms with Gasteiger partial charge in [-0.25, -0.2) is 4.98 Å². The molecule has 32 heavy (non-hydrogen) atoms. The van der Waals surface area contributed by atoms with Crippen molar-refractivity contribution in [3.8, 4) is 17.4 Å². The van der Waals surface area contributed by atoms with Crippen molar-refractivity contribution < 1.29 is 14.3 Å². The van der Waals surface area contributed by atoms with E-state index in [1.54, 1.807) is 36.3 Å². The number of methoxy groups -OCH3 is 1. The van der Waals surface area contributed by atoms with Crippen LogP contribution in [-0.2, 0) is 13.1 Å². The standard InChI is InChI=1S/C24H21ClN4O3/c1-31-20-6-4-7-21(11-20)32-23-10-9-17(12-26-23)13-27-24(30)19-14-28-29(16-19)15-18-5-2-3-8-22(18)25/h2-12,14,16H,13,15H2,1H3,(H,27,30). The summed E-state index contributed by atoms with van der Waals surface area (Å²) >= 11 is 6.19. The van der Waals surface area contributed by atoms with Gasteiger partial charge in [-0.15, -0.1) is 0 Å².